The SMILES string of the molecule is CNCCOCCN(C)C. The standard InChI is InChI=1S/C7H18N2O/c1-8-4-6-10-7-5-9(2)3/h8H,4-7H2,1-3H3. The molecule has 0 atom stereocenters. The molecule has 0 fully saturated rings. The highest BCUT2D eigenvalue weighted by atomic mass is 16.5. The number of likely N-dealkylation sites (N-methyl/N-ethyl adjacent to an activating group) is 2. The lowest BCUT2D eigenvalue weighted by atomic mass is 10.6. The molecule has 0 aliphatic rings. The minimum atomic E-state index is 0.810. The van der Waals surface area contributed by atoms with Crippen molar-refractivity contribution in [3.63, 3.8) is 0 Å². The first kappa shape index (κ1) is 9.88. The topological polar surface area (TPSA) is 24.5 Å². The fourth-order valence-electron chi connectivity index (χ4n) is 0.523. The van der Waals surface area contributed by atoms with Crippen molar-refractivity contribution in [2.24, 2.45) is 0 Å². The van der Waals surface area contributed by atoms with Crippen molar-refractivity contribution in [1.29, 1.82) is 0 Å². The largest absolute Gasteiger partial charge is 0.379 e. The zero-order valence-corrected chi connectivity index (χ0v) is 7.18. The number of hydrogen-bond donors (Lipinski definition) is 1. The summed E-state index contributed by atoms with van der Waals surface area (Å²) in [5.41, 5.74) is 0. The van der Waals surface area contributed by atoms with Crippen LogP contribution in [0.1, 0.15) is 0 Å². The zero-order valence-electron chi connectivity index (χ0n) is 7.18. The van der Waals surface area contributed by atoms with Gasteiger partial charge in [0.25, 0.3) is 0 Å². The first-order valence-corrected chi connectivity index (χ1v) is 3.64. The van der Waals surface area contributed by atoms with Crippen molar-refractivity contribution in [3.05, 3.63) is 0 Å². The highest BCUT2D eigenvalue weighted by Gasteiger charge is 1.88. The monoisotopic (exact) mass is 146 g/mol. The van der Waals surface area contributed by atoms with Crippen molar-refractivity contribution >= 4 is 0 Å². The zero-order chi connectivity index (χ0) is 7.82. The van der Waals surface area contributed by atoms with Crippen LogP contribution in [-0.4, -0.2) is 52.3 Å². The quantitative estimate of drug-likeness (QED) is 0.524. The summed E-state index contributed by atoms with van der Waals surface area (Å²) in [6.07, 6.45) is 0. The number of ether oxygens (including phenoxy) is 1. The lowest BCUT2D eigenvalue weighted by molar-refractivity contribution is 0.120. The molecular weight excluding hydrogens is 128 g/mol. The Labute approximate surface area is 63.4 Å². The molecule has 3 heteroatoms. The highest BCUT2D eigenvalue weighted by Crippen LogP contribution is 1.76. The van der Waals surface area contributed by atoms with Gasteiger partial charge in [0.2, 0.25) is 0 Å². The van der Waals surface area contributed by atoms with E-state index in [1.807, 2.05) is 21.1 Å². The fraction of sp³-hybridized carbons (Fsp3) is 1.00. The molecule has 0 rings (SSSR count). The van der Waals surface area contributed by atoms with E-state index in [0.29, 0.717) is 0 Å². The van der Waals surface area contributed by atoms with E-state index in [1.165, 1.54) is 0 Å². The Bertz CT molecular complexity index is 66.6. The van der Waals surface area contributed by atoms with Crippen molar-refractivity contribution < 1.29 is 4.74 Å². The van der Waals surface area contributed by atoms with Crippen molar-refractivity contribution in [3.8, 4) is 0 Å². The number of nitrogens with one attached hydrogen (secondary N) is 1. The molecule has 1 N–H and O–H groups in total. The van der Waals surface area contributed by atoms with E-state index in [-0.39, 0.29) is 0 Å². The normalized spacial score (nSPS) is 10.8. The lowest BCUT2D eigenvalue weighted by Gasteiger charge is -2.09. The van der Waals surface area contributed by atoms with Gasteiger partial charge in [0, 0.05) is 13.1 Å². The van der Waals surface area contributed by atoms with Crippen molar-refractivity contribution in [2.45, 2.75) is 0 Å². The van der Waals surface area contributed by atoms with Gasteiger partial charge in [-0.05, 0) is 21.1 Å². The molecule has 0 spiro atoms. The molecule has 0 aromatic heterocycles. The lowest BCUT2D eigenvalue weighted by Crippen LogP contribution is -2.21. The molecule has 0 aromatic rings. The smallest absolute Gasteiger partial charge is 0.0593 e. The van der Waals surface area contributed by atoms with Crippen LogP contribution in [0.4, 0.5) is 0 Å². The van der Waals surface area contributed by atoms with Crippen molar-refractivity contribution in [1.82, 2.24) is 10.2 Å². The third-order valence-electron chi connectivity index (χ3n) is 1.18. The Kier molecular flexibility index (Phi) is 6.91. The second kappa shape index (κ2) is 6.99. The number of rotatable bonds is 6. The van der Waals surface area contributed by atoms with Gasteiger partial charge in [-0.3, -0.25) is 0 Å². The Morgan fingerprint density at radius 3 is 2.50 bits per heavy atom. The molecule has 0 bridgehead atoms. The third-order valence-corrected chi connectivity index (χ3v) is 1.18. The molecule has 0 heterocycles. The maximum absolute atomic E-state index is 5.28. The molecule has 0 amide bonds. The molecule has 0 radical (unpaired) electrons. The van der Waals surface area contributed by atoms with Gasteiger partial charge in [-0.1, -0.05) is 0 Å². The molecule has 0 saturated carbocycles. The molecule has 0 saturated heterocycles. The molecule has 3 nitrogen and oxygen atoms in total. The van der Waals surface area contributed by atoms with Gasteiger partial charge in [0.1, 0.15) is 0 Å². The minimum absolute atomic E-state index is 0.810. The van der Waals surface area contributed by atoms with Crippen LogP contribution in [0.15, 0.2) is 0 Å². The Balaban J connectivity index is 2.77. The average Bonchev–Trinajstić information content (AvgIpc) is 1.87. The van der Waals surface area contributed by atoms with Crippen LogP contribution < -0.4 is 5.32 Å². The number of nitrogens with zero attached hydrogens (tertiary/aromatic N) is 1. The van der Waals surface area contributed by atoms with Gasteiger partial charge in [-0.25, -0.2) is 0 Å². The minimum Gasteiger partial charge on any atom is -0.379 e. The summed E-state index contributed by atoms with van der Waals surface area (Å²) < 4.78 is 5.28. The van der Waals surface area contributed by atoms with Crippen LogP contribution in [0.5, 0.6) is 0 Å². The summed E-state index contributed by atoms with van der Waals surface area (Å²) in [4.78, 5) is 2.11. The second-order valence-electron chi connectivity index (χ2n) is 2.52. The van der Waals surface area contributed by atoms with E-state index in [9.17, 15) is 0 Å². The summed E-state index contributed by atoms with van der Waals surface area (Å²) in [6.45, 7) is 3.58. The van der Waals surface area contributed by atoms with Gasteiger partial charge in [-0.2, -0.15) is 0 Å². The average molecular weight is 146 g/mol. The first-order valence-electron chi connectivity index (χ1n) is 3.64. The molecule has 62 valence electrons. The van der Waals surface area contributed by atoms with Crippen LogP contribution in [0.3, 0.4) is 0 Å². The van der Waals surface area contributed by atoms with E-state index >= 15 is 0 Å². The van der Waals surface area contributed by atoms with E-state index in [2.05, 4.69) is 10.2 Å². The van der Waals surface area contributed by atoms with Gasteiger partial charge in [0.15, 0.2) is 0 Å². The van der Waals surface area contributed by atoms with Crippen molar-refractivity contribution in [2.75, 3.05) is 47.4 Å². The van der Waals surface area contributed by atoms with Crippen LogP contribution in [0.2, 0.25) is 0 Å². The Morgan fingerprint density at radius 2 is 2.00 bits per heavy atom. The fourth-order valence-corrected chi connectivity index (χ4v) is 0.523. The van der Waals surface area contributed by atoms with Crippen LogP contribution in [-0.2, 0) is 4.74 Å². The predicted octanol–water partition coefficient (Wildman–Crippen LogP) is -0.216. The van der Waals surface area contributed by atoms with E-state index in [4.69, 9.17) is 4.74 Å². The summed E-state index contributed by atoms with van der Waals surface area (Å²) in [5, 5.41) is 3.02. The van der Waals surface area contributed by atoms with Crippen LogP contribution in [0.25, 0.3) is 0 Å². The summed E-state index contributed by atoms with van der Waals surface area (Å²) in [7, 11) is 6.01. The van der Waals surface area contributed by atoms with Gasteiger partial charge < -0.3 is 15.0 Å². The van der Waals surface area contributed by atoms with E-state index in [0.717, 1.165) is 26.3 Å². The first-order chi connectivity index (χ1) is 4.77. The molecule has 0 aliphatic carbocycles. The van der Waals surface area contributed by atoms with E-state index < -0.39 is 0 Å². The van der Waals surface area contributed by atoms with Gasteiger partial charge in [0.05, 0.1) is 13.2 Å². The molecular formula is C7H18N2O. The predicted molar refractivity (Wildman–Crippen MR) is 43.3 cm³/mol. The highest BCUT2D eigenvalue weighted by molar-refractivity contribution is 4.41. The molecule has 0 aromatic carbocycles. The van der Waals surface area contributed by atoms with Crippen LogP contribution in [0, 0.1) is 0 Å². The third kappa shape index (κ3) is 7.88. The summed E-state index contributed by atoms with van der Waals surface area (Å²) >= 11 is 0. The molecule has 0 aliphatic heterocycles. The second-order valence-corrected chi connectivity index (χ2v) is 2.52. The molecule has 0 unspecified atom stereocenters. The molecule has 10 heavy (non-hydrogen) atoms. The summed E-state index contributed by atoms with van der Waals surface area (Å²) in [5.74, 6) is 0. The maximum atomic E-state index is 5.28. The van der Waals surface area contributed by atoms with Gasteiger partial charge >= 0.3 is 0 Å². The maximum Gasteiger partial charge on any atom is 0.0593 e. The van der Waals surface area contributed by atoms with E-state index in [1.54, 1.807) is 0 Å². The Morgan fingerprint density at radius 1 is 1.30 bits per heavy atom. The van der Waals surface area contributed by atoms with Gasteiger partial charge in [-0.15, -0.1) is 0 Å². The summed E-state index contributed by atoms with van der Waals surface area (Å²) in [6, 6.07) is 0. The van der Waals surface area contributed by atoms with Crippen LogP contribution >= 0.6 is 0 Å². The number of hydrogen-bond acceptors (Lipinski definition) is 3. The Hall–Kier alpha value is -0.120.